The number of nitrogens with zero attached hydrogens (tertiary/aromatic N) is 1. The molecule has 0 spiro atoms. The zero-order valence-electron chi connectivity index (χ0n) is 8.40. The highest BCUT2D eigenvalue weighted by Crippen LogP contribution is 2.25. The van der Waals surface area contributed by atoms with Crippen LogP contribution in [-0.4, -0.2) is 16.2 Å². The van der Waals surface area contributed by atoms with E-state index in [0.717, 1.165) is 9.13 Å². The van der Waals surface area contributed by atoms with E-state index in [-0.39, 0.29) is 5.56 Å². The smallest absolute Gasteiger partial charge is 0.341 e. The van der Waals surface area contributed by atoms with Crippen LogP contribution in [0, 0.1) is 10.5 Å². The van der Waals surface area contributed by atoms with E-state index in [1.54, 1.807) is 6.92 Å². The quantitative estimate of drug-likeness (QED) is 0.861. The van der Waals surface area contributed by atoms with Crippen molar-refractivity contribution in [3.05, 3.63) is 39.2 Å². The second-order valence-electron chi connectivity index (χ2n) is 3.27. The lowest BCUT2D eigenvalue weighted by Gasteiger charge is -1.98. The minimum Gasteiger partial charge on any atom is -0.477 e. The third-order valence-corrected chi connectivity index (χ3v) is 2.91. The maximum atomic E-state index is 11.0. The molecule has 0 aliphatic heterocycles. The summed E-state index contributed by atoms with van der Waals surface area (Å²) >= 11 is 2.18. The molecule has 0 saturated carbocycles. The van der Waals surface area contributed by atoms with Crippen LogP contribution in [0.15, 0.2) is 28.8 Å². The van der Waals surface area contributed by atoms with Gasteiger partial charge in [0.15, 0.2) is 0 Å². The maximum absolute atomic E-state index is 11.0. The third kappa shape index (κ3) is 1.95. The van der Waals surface area contributed by atoms with Crippen molar-refractivity contribution in [2.75, 3.05) is 0 Å². The third-order valence-electron chi connectivity index (χ3n) is 2.19. The molecule has 0 amide bonds. The SMILES string of the molecule is Cc1onc(-c2ccc(I)cc2)c1C(=O)O. The molecule has 4 nitrogen and oxygen atoms in total. The Balaban J connectivity index is 2.56. The molecule has 0 aliphatic rings. The second kappa shape index (κ2) is 4.25. The number of hydrogen-bond donors (Lipinski definition) is 1. The van der Waals surface area contributed by atoms with E-state index >= 15 is 0 Å². The molecule has 1 aromatic carbocycles. The van der Waals surface area contributed by atoms with Crippen LogP contribution in [0.5, 0.6) is 0 Å². The first-order chi connectivity index (χ1) is 7.59. The van der Waals surface area contributed by atoms with E-state index in [4.69, 9.17) is 9.63 Å². The summed E-state index contributed by atoms with van der Waals surface area (Å²) < 4.78 is 5.99. The van der Waals surface area contributed by atoms with Crippen LogP contribution in [0.4, 0.5) is 0 Å². The zero-order chi connectivity index (χ0) is 11.7. The molecule has 0 aliphatic carbocycles. The minimum atomic E-state index is -1.02. The second-order valence-corrected chi connectivity index (χ2v) is 4.52. The highest BCUT2D eigenvalue weighted by atomic mass is 127. The van der Waals surface area contributed by atoms with Crippen LogP contribution < -0.4 is 0 Å². The molecule has 0 fully saturated rings. The molecular weight excluding hydrogens is 321 g/mol. The topological polar surface area (TPSA) is 63.3 Å². The molecule has 0 bridgehead atoms. The van der Waals surface area contributed by atoms with Crippen molar-refractivity contribution in [2.45, 2.75) is 6.92 Å². The van der Waals surface area contributed by atoms with E-state index in [1.807, 2.05) is 24.3 Å². The monoisotopic (exact) mass is 329 g/mol. The normalized spacial score (nSPS) is 10.4. The van der Waals surface area contributed by atoms with Crippen molar-refractivity contribution < 1.29 is 14.4 Å². The number of aromatic nitrogens is 1. The van der Waals surface area contributed by atoms with Crippen molar-refractivity contribution in [2.24, 2.45) is 0 Å². The average molecular weight is 329 g/mol. The fourth-order valence-corrected chi connectivity index (χ4v) is 1.79. The van der Waals surface area contributed by atoms with E-state index in [9.17, 15) is 4.79 Å². The molecule has 2 aromatic rings. The van der Waals surface area contributed by atoms with Gasteiger partial charge in [-0.15, -0.1) is 0 Å². The Morgan fingerprint density at radius 2 is 2.00 bits per heavy atom. The standard InChI is InChI=1S/C11H8INO3/c1-6-9(11(14)15)10(13-16-6)7-2-4-8(12)5-3-7/h2-5H,1H3,(H,14,15). The summed E-state index contributed by atoms with van der Waals surface area (Å²) in [5.74, 6) is -0.701. The zero-order valence-corrected chi connectivity index (χ0v) is 10.6. The van der Waals surface area contributed by atoms with Crippen LogP contribution in [0.1, 0.15) is 16.1 Å². The highest BCUT2D eigenvalue weighted by molar-refractivity contribution is 14.1. The van der Waals surface area contributed by atoms with E-state index in [2.05, 4.69) is 27.7 Å². The van der Waals surface area contributed by atoms with Crippen molar-refractivity contribution in [3.63, 3.8) is 0 Å². The lowest BCUT2D eigenvalue weighted by atomic mass is 10.1. The van der Waals surface area contributed by atoms with Gasteiger partial charge in [-0.2, -0.15) is 0 Å². The minimum absolute atomic E-state index is 0.126. The highest BCUT2D eigenvalue weighted by Gasteiger charge is 2.20. The van der Waals surface area contributed by atoms with Gasteiger partial charge in [0, 0.05) is 9.13 Å². The summed E-state index contributed by atoms with van der Waals surface area (Å²) in [5.41, 5.74) is 1.25. The van der Waals surface area contributed by atoms with E-state index < -0.39 is 5.97 Å². The first-order valence-corrected chi connectivity index (χ1v) is 5.63. The van der Waals surface area contributed by atoms with Gasteiger partial charge in [-0.05, 0) is 41.6 Å². The molecule has 1 heterocycles. The van der Waals surface area contributed by atoms with Gasteiger partial charge >= 0.3 is 5.97 Å². The number of rotatable bonds is 2. The molecule has 5 heteroatoms. The summed E-state index contributed by atoms with van der Waals surface area (Å²) in [7, 11) is 0. The fraction of sp³-hybridized carbons (Fsp3) is 0.0909. The number of carboxylic acid groups (broad SMARTS) is 1. The van der Waals surface area contributed by atoms with Crippen LogP contribution in [-0.2, 0) is 0 Å². The molecule has 2 rings (SSSR count). The van der Waals surface area contributed by atoms with Gasteiger partial charge in [-0.3, -0.25) is 0 Å². The summed E-state index contributed by atoms with van der Waals surface area (Å²) in [6.07, 6.45) is 0. The van der Waals surface area contributed by atoms with Gasteiger partial charge in [0.2, 0.25) is 0 Å². The first kappa shape index (κ1) is 11.1. The Morgan fingerprint density at radius 1 is 1.38 bits per heavy atom. The number of carbonyl (C=O) groups is 1. The number of aromatic carboxylic acids is 1. The number of aryl methyl sites for hydroxylation is 1. The Hall–Kier alpha value is -1.37. The molecule has 0 saturated heterocycles. The van der Waals surface area contributed by atoms with Gasteiger partial charge in [0.1, 0.15) is 17.0 Å². The summed E-state index contributed by atoms with van der Waals surface area (Å²) in [5, 5.41) is 12.8. The van der Waals surface area contributed by atoms with E-state index in [0.29, 0.717) is 11.5 Å². The largest absolute Gasteiger partial charge is 0.477 e. The first-order valence-electron chi connectivity index (χ1n) is 4.55. The average Bonchev–Trinajstić information content (AvgIpc) is 2.61. The van der Waals surface area contributed by atoms with Crippen molar-refractivity contribution in [1.29, 1.82) is 0 Å². The van der Waals surface area contributed by atoms with Gasteiger partial charge in [0.05, 0.1) is 0 Å². The number of benzene rings is 1. The predicted octanol–water partition coefficient (Wildman–Crippen LogP) is 2.95. The Labute approximate surface area is 105 Å². The lowest BCUT2D eigenvalue weighted by Crippen LogP contribution is -1.99. The van der Waals surface area contributed by atoms with Crippen LogP contribution >= 0.6 is 22.6 Å². The van der Waals surface area contributed by atoms with Gasteiger partial charge < -0.3 is 9.63 Å². The molecule has 16 heavy (non-hydrogen) atoms. The van der Waals surface area contributed by atoms with E-state index in [1.165, 1.54) is 0 Å². The van der Waals surface area contributed by atoms with Crippen molar-refractivity contribution in [1.82, 2.24) is 5.16 Å². The summed E-state index contributed by atoms with van der Waals surface area (Å²) in [6.45, 7) is 1.59. The summed E-state index contributed by atoms with van der Waals surface area (Å²) in [6, 6.07) is 7.44. The van der Waals surface area contributed by atoms with Crippen molar-refractivity contribution in [3.8, 4) is 11.3 Å². The van der Waals surface area contributed by atoms with Crippen molar-refractivity contribution >= 4 is 28.6 Å². The molecule has 1 aromatic heterocycles. The number of hydrogen-bond acceptors (Lipinski definition) is 3. The van der Waals surface area contributed by atoms with Crippen LogP contribution in [0.3, 0.4) is 0 Å². The Morgan fingerprint density at radius 3 is 2.56 bits per heavy atom. The molecule has 82 valence electrons. The number of halogens is 1. The Kier molecular flexibility index (Phi) is 2.95. The number of carboxylic acids is 1. The predicted molar refractivity (Wildman–Crippen MR) is 66.4 cm³/mol. The summed E-state index contributed by atoms with van der Waals surface area (Å²) in [4.78, 5) is 11.0. The lowest BCUT2D eigenvalue weighted by molar-refractivity contribution is 0.0696. The van der Waals surface area contributed by atoms with Crippen LogP contribution in [0.25, 0.3) is 11.3 Å². The molecular formula is C11H8INO3. The molecule has 1 N–H and O–H groups in total. The molecule has 0 radical (unpaired) electrons. The molecule has 0 unspecified atom stereocenters. The Bertz CT molecular complexity index is 531. The van der Waals surface area contributed by atoms with Gasteiger partial charge in [-0.25, -0.2) is 4.79 Å². The maximum Gasteiger partial charge on any atom is 0.341 e. The molecule has 0 atom stereocenters. The van der Waals surface area contributed by atoms with Gasteiger partial charge in [0.25, 0.3) is 0 Å². The van der Waals surface area contributed by atoms with Crippen LogP contribution in [0.2, 0.25) is 0 Å². The van der Waals surface area contributed by atoms with Gasteiger partial charge in [-0.1, -0.05) is 17.3 Å². The fourth-order valence-electron chi connectivity index (χ4n) is 1.43.